The summed E-state index contributed by atoms with van der Waals surface area (Å²) in [6.07, 6.45) is -1.11. The Morgan fingerprint density at radius 1 is 0.971 bits per heavy atom. The van der Waals surface area contributed by atoms with Gasteiger partial charge in [-0.05, 0) is 37.3 Å². The molecule has 10 nitrogen and oxygen atoms in total. The molecular formula is C24H24O10. The van der Waals surface area contributed by atoms with Crippen LogP contribution in [0.5, 0.6) is 28.7 Å². The first-order valence-electron chi connectivity index (χ1n) is 10.5. The van der Waals surface area contributed by atoms with Crippen molar-refractivity contribution in [1.29, 1.82) is 0 Å². The molecule has 34 heavy (non-hydrogen) atoms. The van der Waals surface area contributed by atoms with Crippen molar-refractivity contribution >= 4 is 17.7 Å². The van der Waals surface area contributed by atoms with E-state index in [2.05, 4.69) is 0 Å². The molecule has 0 unspecified atom stereocenters. The standard InChI is InChI=1S/C24H24O10/c1-5-31-23(26)19-18(20(25)12-6-7-14-15(8-12)33-11-32-14)24(27)34-21(19)13-9-16(28-2)22(30-4)17(10-13)29-3/h6-10,18-19,21H,5,11H2,1-4H3/t18-,19+,21+/m0/s1. The molecule has 2 aliphatic heterocycles. The summed E-state index contributed by atoms with van der Waals surface area (Å²) in [5, 5.41) is 0. The molecule has 180 valence electrons. The van der Waals surface area contributed by atoms with Gasteiger partial charge in [-0.2, -0.15) is 0 Å². The van der Waals surface area contributed by atoms with Crippen molar-refractivity contribution in [3.05, 3.63) is 41.5 Å². The average molecular weight is 472 g/mol. The van der Waals surface area contributed by atoms with Gasteiger partial charge in [0.05, 0.1) is 27.9 Å². The third-order valence-electron chi connectivity index (χ3n) is 5.70. The molecule has 0 aliphatic carbocycles. The van der Waals surface area contributed by atoms with Gasteiger partial charge in [0.15, 0.2) is 28.8 Å². The predicted octanol–water partition coefficient (Wildman–Crippen LogP) is 2.72. The molecule has 2 aliphatic rings. The SMILES string of the molecule is CCOC(=O)[C@@H]1[C@@H](C(=O)c2ccc3c(c2)OCO3)C(=O)O[C@@H]1c1cc(OC)c(OC)c(OC)c1. The number of carbonyl (C=O) groups excluding carboxylic acids is 3. The van der Waals surface area contributed by atoms with Gasteiger partial charge < -0.3 is 33.2 Å². The number of methoxy groups -OCH3 is 3. The van der Waals surface area contributed by atoms with Crippen LogP contribution in [0.1, 0.15) is 28.9 Å². The number of ketones is 1. The minimum atomic E-state index is -1.41. The van der Waals surface area contributed by atoms with Crippen molar-refractivity contribution in [2.75, 3.05) is 34.7 Å². The first-order valence-corrected chi connectivity index (χ1v) is 10.5. The fraction of sp³-hybridized carbons (Fsp3) is 0.375. The predicted molar refractivity (Wildman–Crippen MR) is 115 cm³/mol. The molecule has 1 saturated heterocycles. The van der Waals surface area contributed by atoms with Gasteiger partial charge in [-0.1, -0.05) is 0 Å². The Hall–Kier alpha value is -3.95. The Morgan fingerprint density at radius 2 is 1.65 bits per heavy atom. The normalized spacial score (nSPS) is 20.5. The third kappa shape index (κ3) is 3.95. The highest BCUT2D eigenvalue weighted by Gasteiger charge is 2.54. The number of cyclic esters (lactones) is 1. The van der Waals surface area contributed by atoms with Crippen LogP contribution in [-0.4, -0.2) is 52.5 Å². The second kappa shape index (κ2) is 9.50. The Balaban J connectivity index is 1.76. The number of benzene rings is 2. The number of ether oxygens (including phenoxy) is 7. The number of fused-ring (bicyclic) bond motifs is 1. The lowest BCUT2D eigenvalue weighted by atomic mass is 9.82. The minimum Gasteiger partial charge on any atom is -0.493 e. The fourth-order valence-corrected chi connectivity index (χ4v) is 4.13. The lowest BCUT2D eigenvalue weighted by Gasteiger charge is -2.21. The van der Waals surface area contributed by atoms with E-state index in [4.69, 9.17) is 33.2 Å². The van der Waals surface area contributed by atoms with E-state index in [-0.39, 0.29) is 19.0 Å². The lowest BCUT2D eigenvalue weighted by Crippen LogP contribution is -2.33. The van der Waals surface area contributed by atoms with E-state index in [1.165, 1.54) is 33.5 Å². The maximum absolute atomic E-state index is 13.4. The summed E-state index contributed by atoms with van der Waals surface area (Å²) in [5.74, 6) is -2.98. The Labute approximate surface area is 195 Å². The molecule has 4 rings (SSSR count). The maximum Gasteiger partial charge on any atom is 0.318 e. The van der Waals surface area contributed by atoms with Gasteiger partial charge in [-0.15, -0.1) is 0 Å². The monoisotopic (exact) mass is 472 g/mol. The molecule has 3 atom stereocenters. The highest BCUT2D eigenvalue weighted by molar-refractivity contribution is 6.12. The summed E-state index contributed by atoms with van der Waals surface area (Å²) >= 11 is 0. The van der Waals surface area contributed by atoms with Crippen molar-refractivity contribution in [3.8, 4) is 28.7 Å². The van der Waals surface area contributed by atoms with Gasteiger partial charge >= 0.3 is 11.9 Å². The average Bonchev–Trinajstić information content (AvgIpc) is 3.46. The van der Waals surface area contributed by atoms with Crippen LogP contribution >= 0.6 is 0 Å². The van der Waals surface area contributed by atoms with Crippen LogP contribution in [0.15, 0.2) is 30.3 Å². The minimum absolute atomic E-state index is 0.0348. The summed E-state index contributed by atoms with van der Waals surface area (Å²) < 4.78 is 37.5. The third-order valence-corrected chi connectivity index (χ3v) is 5.70. The second-order valence-corrected chi connectivity index (χ2v) is 7.50. The molecule has 2 heterocycles. The van der Waals surface area contributed by atoms with Gasteiger partial charge in [0.1, 0.15) is 17.9 Å². The van der Waals surface area contributed by atoms with E-state index in [1.807, 2.05) is 0 Å². The molecule has 0 amide bonds. The van der Waals surface area contributed by atoms with E-state index in [9.17, 15) is 14.4 Å². The first-order chi connectivity index (χ1) is 16.4. The molecule has 0 bridgehead atoms. The molecule has 1 fully saturated rings. The Morgan fingerprint density at radius 3 is 2.26 bits per heavy atom. The quantitative estimate of drug-likeness (QED) is 0.323. The number of hydrogen-bond donors (Lipinski definition) is 0. The molecule has 0 radical (unpaired) electrons. The van der Waals surface area contributed by atoms with Crippen molar-refractivity contribution in [1.82, 2.24) is 0 Å². The summed E-state index contributed by atoms with van der Waals surface area (Å²) in [5.41, 5.74) is 0.577. The zero-order chi connectivity index (χ0) is 24.4. The van der Waals surface area contributed by atoms with E-state index in [0.29, 0.717) is 34.3 Å². The fourth-order valence-electron chi connectivity index (χ4n) is 4.13. The lowest BCUT2D eigenvalue weighted by molar-refractivity contribution is -0.150. The van der Waals surface area contributed by atoms with Crippen LogP contribution in [0.2, 0.25) is 0 Å². The van der Waals surface area contributed by atoms with Gasteiger partial charge in [0, 0.05) is 11.1 Å². The van der Waals surface area contributed by atoms with Crippen LogP contribution in [-0.2, 0) is 19.1 Å². The molecule has 2 aromatic carbocycles. The highest BCUT2D eigenvalue weighted by atomic mass is 16.7. The first kappa shape index (κ1) is 23.2. The van der Waals surface area contributed by atoms with Crippen LogP contribution in [0.25, 0.3) is 0 Å². The molecule has 0 aromatic heterocycles. The number of carbonyl (C=O) groups is 3. The molecule has 0 spiro atoms. The zero-order valence-corrected chi connectivity index (χ0v) is 19.1. The van der Waals surface area contributed by atoms with Gasteiger partial charge in [-0.25, -0.2) is 0 Å². The summed E-state index contributed by atoms with van der Waals surface area (Å²) in [7, 11) is 4.34. The summed E-state index contributed by atoms with van der Waals surface area (Å²) in [6, 6.07) is 7.70. The van der Waals surface area contributed by atoms with Crippen molar-refractivity contribution < 1.29 is 47.5 Å². The van der Waals surface area contributed by atoms with Crippen molar-refractivity contribution in [3.63, 3.8) is 0 Å². The maximum atomic E-state index is 13.4. The van der Waals surface area contributed by atoms with Crippen LogP contribution in [0, 0.1) is 11.8 Å². The molecule has 0 N–H and O–H groups in total. The van der Waals surface area contributed by atoms with E-state index in [1.54, 1.807) is 25.1 Å². The van der Waals surface area contributed by atoms with E-state index in [0.717, 1.165) is 0 Å². The van der Waals surface area contributed by atoms with E-state index >= 15 is 0 Å². The van der Waals surface area contributed by atoms with E-state index < -0.39 is 35.7 Å². The van der Waals surface area contributed by atoms with Crippen LogP contribution < -0.4 is 23.7 Å². The number of hydrogen-bond acceptors (Lipinski definition) is 10. The van der Waals surface area contributed by atoms with Gasteiger partial charge in [0.2, 0.25) is 12.5 Å². The van der Waals surface area contributed by atoms with Crippen LogP contribution in [0.4, 0.5) is 0 Å². The zero-order valence-electron chi connectivity index (χ0n) is 19.1. The largest absolute Gasteiger partial charge is 0.493 e. The van der Waals surface area contributed by atoms with Crippen LogP contribution in [0.3, 0.4) is 0 Å². The smallest absolute Gasteiger partial charge is 0.318 e. The molecule has 2 aromatic rings. The molecule has 0 saturated carbocycles. The Bertz CT molecular complexity index is 1100. The summed E-state index contributed by atoms with van der Waals surface area (Å²) in [6.45, 7) is 1.74. The second-order valence-electron chi connectivity index (χ2n) is 7.50. The molecular weight excluding hydrogens is 448 g/mol. The van der Waals surface area contributed by atoms with Crippen molar-refractivity contribution in [2.45, 2.75) is 13.0 Å². The number of esters is 2. The van der Waals surface area contributed by atoms with Gasteiger partial charge in [-0.3, -0.25) is 14.4 Å². The topological polar surface area (TPSA) is 116 Å². The number of rotatable bonds is 8. The van der Waals surface area contributed by atoms with Crippen molar-refractivity contribution in [2.24, 2.45) is 11.8 Å². The number of Topliss-reactive ketones (excluding diaryl/α,β-unsaturated/α-hetero) is 1. The Kier molecular flexibility index (Phi) is 6.49. The summed E-state index contributed by atoms with van der Waals surface area (Å²) in [4.78, 5) is 39.4. The molecule has 10 heteroatoms. The highest BCUT2D eigenvalue weighted by Crippen LogP contribution is 2.47. The van der Waals surface area contributed by atoms with Gasteiger partial charge in [0.25, 0.3) is 0 Å².